The molecule has 0 saturated heterocycles. The summed E-state index contributed by atoms with van der Waals surface area (Å²) in [5, 5.41) is 22.2. The average molecular weight is 374 g/mol. The van der Waals surface area contributed by atoms with Crippen LogP contribution in [0.5, 0.6) is 0 Å². The summed E-state index contributed by atoms with van der Waals surface area (Å²) in [6, 6.07) is -3.82. The van der Waals surface area contributed by atoms with E-state index in [1.165, 1.54) is 0 Å². The number of carbonyl (C=O) groups is 5. The molecule has 0 aromatic rings. The van der Waals surface area contributed by atoms with E-state index >= 15 is 0 Å². The molecule has 3 unspecified atom stereocenters. The van der Waals surface area contributed by atoms with Gasteiger partial charge in [0.15, 0.2) is 0 Å². The Hall–Kier alpha value is -2.69. The van der Waals surface area contributed by atoms with Gasteiger partial charge in [-0.2, -0.15) is 0 Å². The first-order valence-electron chi connectivity index (χ1n) is 8.03. The van der Waals surface area contributed by atoms with Crippen molar-refractivity contribution in [1.29, 1.82) is 0 Å². The standard InChI is InChI=1S/C15H26N4O7/c1-7(2)5-10(15(25)26)19-14(24)9(6-11(17)20)18-13(23)8(16)3-4-12(21)22/h7-10H,3-6,16H2,1-2H3,(H2,17,20)(H,18,23)(H,19,24)(H,21,22)(H,25,26). The molecule has 0 spiro atoms. The van der Waals surface area contributed by atoms with E-state index in [9.17, 15) is 24.0 Å². The van der Waals surface area contributed by atoms with Crippen molar-refractivity contribution in [2.45, 2.75) is 57.7 Å². The highest BCUT2D eigenvalue weighted by atomic mass is 16.4. The Labute approximate surface area is 150 Å². The molecule has 0 aliphatic heterocycles. The van der Waals surface area contributed by atoms with Crippen LogP contribution in [-0.4, -0.2) is 58.0 Å². The van der Waals surface area contributed by atoms with Gasteiger partial charge in [0, 0.05) is 6.42 Å². The Bertz CT molecular complexity index is 550. The lowest BCUT2D eigenvalue weighted by Crippen LogP contribution is -2.55. The predicted octanol–water partition coefficient (Wildman–Crippen LogP) is -1.85. The van der Waals surface area contributed by atoms with Gasteiger partial charge in [0.25, 0.3) is 0 Å². The number of hydrogen-bond donors (Lipinski definition) is 6. The summed E-state index contributed by atoms with van der Waals surface area (Å²) in [4.78, 5) is 57.1. The maximum atomic E-state index is 12.3. The van der Waals surface area contributed by atoms with E-state index in [4.69, 9.17) is 21.7 Å². The first-order valence-corrected chi connectivity index (χ1v) is 8.03. The van der Waals surface area contributed by atoms with Crippen LogP contribution in [0.2, 0.25) is 0 Å². The van der Waals surface area contributed by atoms with Crippen LogP contribution < -0.4 is 22.1 Å². The fraction of sp³-hybridized carbons (Fsp3) is 0.667. The minimum Gasteiger partial charge on any atom is -0.481 e. The van der Waals surface area contributed by atoms with Crippen LogP contribution in [-0.2, 0) is 24.0 Å². The zero-order valence-corrected chi connectivity index (χ0v) is 14.7. The lowest BCUT2D eigenvalue weighted by Gasteiger charge is -2.22. The number of rotatable bonds is 12. The minimum atomic E-state index is -1.41. The van der Waals surface area contributed by atoms with Crippen LogP contribution >= 0.6 is 0 Å². The largest absolute Gasteiger partial charge is 0.481 e. The summed E-state index contributed by atoms with van der Waals surface area (Å²) in [5.74, 6) is -5.05. The molecule has 3 atom stereocenters. The second-order valence-electron chi connectivity index (χ2n) is 6.30. The molecule has 148 valence electrons. The van der Waals surface area contributed by atoms with E-state index in [0.29, 0.717) is 0 Å². The van der Waals surface area contributed by atoms with Crippen molar-refractivity contribution in [3.8, 4) is 0 Å². The van der Waals surface area contributed by atoms with Crippen molar-refractivity contribution in [1.82, 2.24) is 10.6 Å². The van der Waals surface area contributed by atoms with Gasteiger partial charge in [0.2, 0.25) is 17.7 Å². The van der Waals surface area contributed by atoms with Gasteiger partial charge in [-0.3, -0.25) is 19.2 Å². The smallest absolute Gasteiger partial charge is 0.326 e. The summed E-state index contributed by atoms with van der Waals surface area (Å²) in [6.45, 7) is 3.54. The maximum absolute atomic E-state index is 12.3. The molecule has 0 aliphatic carbocycles. The van der Waals surface area contributed by atoms with Crippen molar-refractivity contribution >= 4 is 29.7 Å². The van der Waals surface area contributed by atoms with Crippen molar-refractivity contribution in [2.75, 3.05) is 0 Å². The molecule has 0 saturated carbocycles. The second-order valence-corrected chi connectivity index (χ2v) is 6.30. The van der Waals surface area contributed by atoms with Crippen LogP contribution in [0.1, 0.15) is 39.5 Å². The Morgan fingerprint density at radius 3 is 1.92 bits per heavy atom. The monoisotopic (exact) mass is 374 g/mol. The van der Waals surface area contributed by atoms with E-state index in [2.05, 4.69) is 10.6 Å². The van der Waals surface area contributed by atoms with Crippen LogP contribution in [0.15, 0.2) is 0 Å². The number of carbonyl (C=O) groups excluding carboxylic acids is 3. The summed E-state index contributed by atoms with van der Waals surface area (Å²) < 4.78 is 0. The zero-order chi connectivity index (χ0) is 20.4. The molecule has 11 heteroatoms. The van der Waals surface area contributed by atoms with E-state index in [1.54, 1.807) is 13.8 Å². The molecular formula is C15H26N4O7. The lowest BCUT2D eigenvalue weighted by atomic mass is 10.0. The number of primary amides is 1. The van der Waals surface area contributed by atoms with Gasteiger partial charge in [-0.25, -0.2) is 4.79 Å². The summed E-state index contributed by atoms with van der Waals surface area (Å²) in [7, 11) is 0. The molecule has 11 nitrogen and oxygen atoms in total. The van der Waals surface area contributed by atoms with Gasteiger partial charge >= 0.3 is 11.9 Å². The van der Waals surface area contributed by atoms with Crippen molar-refractivity contribution in [3.05, 3.63) is 0 Å². The van der Waals surface area contributed by atoms with Gasteiger partial charge in [0.05, 0.1) is 12.5 Å². The Morgan fingerprint density at radius 1 is 0.962 bits per heavy atom. The quantitative estimate of drug-likeness (QED) is 0.228. The fourth-order valence-electron chi connectivity index (χ4n) is 2.06. The molecule has 0 rings (SSSR count). The molecule has 26 heavy (non-hydrogen) atoms. The number of aliphatic carboxylic acids is 2. The van der Waals surface area contributed by atoms with Gasteiger partial charge in [0.1, 0.15) is 12.1 Å². The van der Waals surface area contributed by atoms with Crippen molar-refractivity contribution < 1.29 is 34.2 Å². The Balaban J connectivity index is 5.02. The highest BCUT2D eigenvalue weighted by Crippen LogP contribution is 2.06. The molecular weight excluding hydrogens is 348 g/mol. The second kappa shape index (κ2) is 11.0. The third kappa shape index (κ3) is 9.57. The topological polar surface area (TPSA) is 202 Å². The zero-order valence-electron chi connectivity index (χ0n) is 14.7. The number of carboxylic acid groups (broad SMARTS) is 2. The third-order valence-electron chi connectivity index (χ3n) is 3.37. The van der Waals surface area contributed by atoms with E-state index < -0.39 is 54.2 Å². The van der Waals surface area contributed by atoms with Gasteiger partial charge in [-0.05, 0) is 18.8 Å². The van der Waals surface area contributed by atoms with Crippen LogP contribution in [0, 0.1) is 5.92 Å². The van der Waals surface area contributed by atoms with E-state index in [-0.39, 0.29) is 25.2 Å². The van der Waals surface area contributed by atoms with Crippen LogP contribution in [0.4, 0.5) is 0 Å². The summed E-state index contributed by atoms with van der Waals surface area (Å²) in [5.41, 5.74) is 10.6. The summed E-state index contributed by atoms with van der Waals surface area (Å²) in [6.07, 6.45) is -0.929. The first-order chi connectivity index (χ1) is 11.9. The average Bonchev–Trinajstić information content (AvgIpc) is 2.49. The molecule has 0 radical (unpaired) electrons. The van der Waals surface area contributed by atoms with Crippen LogP contribution in [0.25, 0.3) is 0 Å². The van der Waals surface area contributed by atoms with Gasteiger partial charge in [-0.15, -0.1) is 0 Å². The highest BCUT2D eigenvalue weighted by molar-refractivity contribution is 5.94. The molecule has 0 aromatic heterocycles. The third-order valence-corrected chi connectivity index (χ3v) is 3.37. The number of nitrogens with one attached hydrogen (secondary N) is 2. The van der Waals surface area contributed by atoms with Gasteiger partial charge in [-0.1, -0.05) is 13.8 Å². The van der Waals surface area contributed by atoms with Crippen molar-refractivity contribution in [3.63, 3.8) is 0 Å². The predicted molar refractivity (Wildman–Crippen MR) is 89.6 cm³/mol. The van der Waals surface area contributed by atoms with E-state index in [0.717, 1.165) is 0 Å². The molecule has 0 bridgehead atoms. The number of carboxylic acids is 2. The van der Waals surface area contributed by atoms with Gasteiger partial charge < -0.3 is 32.3 Å². The molecule has 8 N–H and O–H groups in total. The molecule has 0 heterocycles. The minimum absolute atomic E-state index is 0.0231. The Morgan fingerprint density at radius 2 is 1.50 bits per heavy atom. The normalized spacial score (nSPS) is 14.2. The maximum Gasteiger partial charge on any atom is 0.326 e. The number of amides is 3. The fourth-order valence-corrected chi connectivity index (χ4v) is 2.06. The first kappa shape index (κ1) is 23.3. The SMILES string of the molecule is CC(C)CC(NC(=O)C(CC(N)=O)NC(=O)C(N)CCC(=O)O)C(=O)O. The molecule has 0 aromatic carbocycles. The molecule has 0 fully saturated rings. The molecule has 0 aliphatic rings. The lowest BCUT2D eigenvalue weighted by molar-refractivity contribution is -0.142. The Kier molecular flexibility index (Phi) is 9.89. The highest BCUT2D eigenvalue weighted by Gasteiger charge is 2.29. The number of nitrogens with two attached hydrogens (primary N) is 2. The van der Waals surface area contributed by atoms with Crippen LogP contribution in [0.3, 0.4) is 0 Å². The summed E-state index contributed by atoms with van der Waals surface area (Å²) >= 11 is 0. The number of hydrogen-bond acceptors (Lipinski definition) is 6. The molecule has 3 amide bonds. The van der Waals surface area contributed by atoms with E-state index in [1.807, 2.05) is 0 Å². The van der Waals surface area contributed by atoms with Crippen molar-refractivity contribution in [2.24, 2.45) is 17.4 Å².